The van der Waals surface area contributed by atoms with Crippen LogP contribution in [-0.4, -0.2) is 30.4 Å². The first-order chi connectivity index (χ1) is 12.5. The molecule has 2 amide bonds. The largest absolute Gasteiger partial charge is 0.451 e. The van der Waals surface area contributed by atoms with E-state index in [1.807, 2.05) is 13.8 Å². The fraction of sp³-hybridized carbons (Fsp3) is 0.500. The molecule has 1 rings (SSSR count). The van der Waals surface area contributed by atoms with Gasteiger partial charge in [-0.15, -0.1) is 0 Å². The minimum atomic E-state index is -4.54. The van der Waals surface area contributed by atoms with Crippen molar-refractivity contribution < 1.29 is 32.3 Å². The summed E-state index contributed by atoms with van der Waals surface area (Å²) < 4.78 is 42.9. The van der Waals surface area contributed by atoms with Gasteiger partial charge in [-0.2, -0.15) is 13.2 Å². The Morgan fingerprint density at radius 1 is 1.15 bits per heavy atom. The highest BCUT2D eigenvalue weighted by atomic mass is 19.4. The van der Waals surface area contributed by atoms with E-state index >= 15 is 0 Å². The molecular weight excluding hydrogens is 365 g/mol. The fourth-order valence-electron chi connectivity index (χ4n) is 1.99. The summed E-state index contributed by atoms with van der Waals surface area (Å²) >= 11 is 0. The van der Waals surface area contributed by atoms with E-state index in [1.165, 1.54) is 13.0 Å². The summed E-state index contributed by atoms with van der Waals surface area (Å²) in [6.07, 6.45) is -4.82. The molecule has 6 nitrogen and oxygen atoms in total. The van der Waals surface area contributed by atoms with Crippen molar-refractivity contribution in [2.45, 2.75) is 45.9 Å². The second-order valence-corrected chi connectivity index (χ2v) is 6.41. The number of halogens is 3. The average Bonchev–Trinajstić information content (AvgIpc) is 2.57. The molecule has 0 spiro atoms. The lowest BCUT2D eigenvalue weighted by molar-refractivity contribution is -0.152. The molecule has 9 heteroatoms. The van der Waals surface area contributed by atoms with Gasteiger partial charge in [0.15, 0.2) is 6.10 Å². The van der Waals surface area contributed by atoms with E-state index in [9.17, 15) is 27.6 Å². The van der Waals surface area contributed by atoms with Crippen molar-refractivity contribution in [3.8, 4) is 0 Å². The summed E-state index contributed by atoms with van der Waals surface area (Å²) in [6.45, 7) is 4.82. The molecule has 2 N–H and O–H groups in total. The van der Waals surface area contributed by atoms with Gasteiger partial charge in [0.25, 0.3) is 5.91 Å². The maximum absolute atomic E-state index is 12.7. The lowest BCUT2D eigenvalue weighted by Crippen LogP contribution is -2.35. The highest BCUT2D eigenvalue weighted by Crippen LogP contribution is 2.30. The van der Waals surface area contributed by atoms with Crippen molar-refractivity contribution in [1.82, 2.24) is 5.32 Å². The summed E-state index contributed by atoms with van der Waals surface area (Å²) in [4.78, 5) is 35.2. The maximum atomic E-state index is 12.7. The van der Waals surface area contributed by atoms with Crippen LogP contribution in [0.2, 0.25) is 0 Å². The molecule has 150 valence electrons. The monoisotopic (exact) mass is 388 g/mol. The van der Waals surface area contributed by atoms with Crippen LogP contribution in [0.15, 0.2) is 24.3 Å². The van der Waals surface area contributed by atoms with Gasteiger partial charge in [0.1, 0.15) is 6.54 Å². The molecule has 0 saturated carbocycles. The molecule has 0 aliphatic carbocycles. The summed E-state index contributed by atoms with van der Waals surface area (Å²) in [5.41, 5.74) is -0.978. The number of esters is 1. The Kier molecular flexibility index (Phi) is 8.27. The fourth-order valence-corrected chi connectivity index (χ4v) is 1.99. The first kappa shape index (κ1) is 22.5. The van der Waals surface area contributed by atoms with Crippen molar-refractivity contribution >= 4 is 23.5 Å². The van der Waals surface area contributed by atoms with Crippen LogP contribution in [-0.2, 0) is 25.3 Å². The Bertz CT molecular complexity index is 675. The molecular formula is C18H23F3N2O4. The molecule has 0 radical (unpaired) electrons. The van der Waals surface area contributed by atoms with Gasteiger partial charge in [-0.25, -0.2) is 0 Å². The number of carbonyl (C=O) groups is 3. The summed E-state index contributed by atoms with van der Waals surface area (Å²) in [6, 6.07) is 4.10. The first-order valence-electron chi connectivity index (χ1n) is 8.43. The number of nitrogens with one attached hydrogen (secondary N) is 2. The highest BCUT2D eigenvalue weighted by Gasteiger charge is 2.30. The second kappa shape index (κ2) is 9.94. The Hall–Kier alpha value is -2.58. The molecule has 0 aliphatic heterocycles. The van der Waals surface area contributed by atoms with Gasteiger partial charge in [0, 0.05) is 12.1 Å². The van der Waals surface area contributed by atoms with E-state index in [4.69, 9.17) is 4.74 Å². The summed E-state index contributed by atoms with van der Waals surface area (Å²) in [7, 11) is 0. The minimum absolute atomic E-state index is 0.0697. The van der Waals surface area contributed by atoms with E-state index in [1.54, 1.807) is 0 Å². The Morgan fingerprint density at radius 2 is 1.81 bits per heavy atom. The smallest absolute Gasteiger partial charge is 0.416 e. The molecule has 27 heavy (non-hydrogen) atoms. The van der Waals surface area contributed by atoms with Gasteiger partial charge in [-0.3, -0.25) is 14.4 Å². The van der Waals surface area contributed by atoms with Gasteiger partial charge in [-0.05, 0) is 37.5 Å². The van der Waals surface area contributed by atoms with Crippen LogP contribution >= 0.6 is 0 Å². The van der Waals surface area contributed by atoms with Crippen molar-refractivity contribution in [3.63, 3.8) is 0 Å². The maximum Gasteiger partial charge on any atom is 0.416 e. The third kappa shape index (κ3) is 8.57. The van der Waals surface area contributed by atoms with Crippen LogP contribution in [0.4, 0.5) is 18.9 Å². The number of hydrogen-bond donors (Lipinski definition) is 2. The minimum Gasteiger partial charge on any atom is -0.451 e. The normalized spacial score (nSPS) is 12.4. The topological polar surface area (TPSA) is 84.5 Å². The van der Waals surface area contributed by atoms with E-state index in [0.29, 0.717) is 12.3 Å². The Labute approximate surface area is 155 Å². The number of rotatable bonds is 8. The number of benzene rings is 1. The van der Waals surface area contributed by atoms with Crippen LogP contribution in [0.3, 0.4) is 0 Å². The first-order valence-corrected chi connectivity index (χ1v) is 8.43. The third-order valence-electron chi connectivity index (χ3n) is 3.51. The molecule has 0 bridgehead atoms. The van der Waals surface area contributed by atoms with Crippen molar-refractivity contribution in [2.24, 2.45) is 5.92 Å². The lowest BCUT2D eigenvalue weighted by atomic mass is 10.1. The molecule has 0 heterocycles. The van der Waals surface area contributed by atoms with Crippen molar-refractivity contribution in [1.29, 1.82) is 0 Å². The molecule has 1 unspecified atom stereocenters. The van der Waals surface area contributed by atoms with Gasteiger partial charge in [-0.1, -0.05) is 19.9 Å². The number of carbonyl (C=O) groups excluding carboxylic acids is 3. The van der Waals surface area contributed by atoms with Gasteiger partial charge >= 0.3 is 12.1 Å². The number of amides is 2. The second-order valence-electron chi connectivity index (χ2n) is 6.41. The van der Waals surface area contributed by atoms with Gasteiger partial charge < -0.3 is 15.4 Å². The summed E-state index contributed by atoms with van der Waals surface area (Å²) in [5, 5.41) is 4.64. The van der Waals surface area contributed by atoms with Crippen molar-refractivity contribution in [2.75, 3.05) is 11.9 Å². The zero-order valence-electron chi connectivity index (χ0n) is 15.4. The molecule has 1 aromatic rings. The summed E-state index contributed by atoms with van der Waals surface area (Å²) in [5.74, 6) is -1.56. The highest BCUT2D eigenvalue weighted by molar-refractivity contribution is 5.95. The Balaban J connectivity index is 2.48. The van der Waals surface area contributed by atoms with Crippen molar-refractivity contribution in [3.05, 3.63) is 29.8 Å². The van der Waals surface area contributed by atoms with Crippen LogP contribution in [0.25, 0.3) is 0 Å². The zero-order valence-corrected chi connectivity index (χ0v) is 15.4. The van der Waals surface area contributed by atoms with Gasteiger partial charge in [0.05, 0.1) is 5.56 Å². The van der Waals surface area contributed by atoms with Crippen LogP contribution in [0, 0.1) is 5.92 Å². The zero-order chi connectivity index (χ0) is 20.6. The molecule has 1 aromatic carbocycles. The van der Waals surface area contributed by atoms with Crippen LogP contribution in [0.1, 0.15) is 39.2 Å². The number of alkyl halides is 3. The molecule has 0 saturated heterocycles. The molecule has 0 aromatic heterocycles. The predicted molar refractivity (Wildman–Crippen MR) is 92.7 cm³/mol. The van der Waals surface area contributed by atoms with E-state index in [2.05, 4.69) is 10.6 Å². The third-order valence-corrected chi connectivity index (χ3v) is 3.51. The van der Waals surface area contributed by atoms with Crippen LogP contribution in [0.5, 0.6) is 0 Å². The van der Waals surface area contributed by atoms with E-state index < -0.39 is 36.3 Å². The quantitative estimate of drug-likeness (QED) is 0.670. The standard InChI is InChI=1S/C18H23F3N2O4/c1-11(2)7-8-15(24)22-10-16(25)27-12(3)17(26)23-14-6-4-5-13(9-14)18(19,20)21/h4-6,9,11-12H,7-8,10H2,1-3H3,(H,22,24)(H,23,26). The Morgan fingerprint density at radius 3 is 2.41 bits per heavy atom. The average molecular weight is 388 g/mol. The molecule has 1 atom stereocenters. The predicted octanol–water partition coefficient (Wildman–Crippen LogP) is 3.13. The number of hydrogen-bond acceptors (Lipinski definition) is 4. The van der Waals surface area contributed by atoms with Gasteiger partial charge in [0.2, 0.25) is 5.91 Å². The van der Waals surface area contributed by atoms with E-state index in [0.717, 1.165) is 18.2 Å². The SMILES string of the molecule is CC(C)CCC(=O)NCC(=O)OC(C)C(=O)Nc1cccc(C(F)(F)F)c1. The van der Waals surface area contributed by atoms with Crippen LogP contribution < -0.4 is 10.6 Å². The lowest BCUT2D eigenvalue weighted by Gasteiger charge is -2.15. The molecule has 0 fully saturated rings. The number of anilines is 1. The molecule has 0 aliphatic rings. The van der Waals surface area contributed by atoms with E-state index in [-0.39, 0.29) is 18.0 Å². The number of ether oxygens (including phenoxy) is 1.